The van der Waals surface area contributed by atoms with E-state index in [1.54, 1.807) is 12.1 Å². The topological polar surface area (TPSA) is 49.8 Å². The zero-order chi connectivity index (χ0) is 17.2. The lowest BCUT2D eigenvalue weighted by molar-refractivity contribution is -0.150. The molecule has 3 heterocycles. The first-order valence-corrected chi connectivity index (χ1v) is 8.96. The number of benzene rings is 1. The molecule has 0 radical (unpaired) electrons. The number of aliphatic hydroxyl groups excluding tert-OH is 1. The predicted molar refractivity (Wildman–Crippen MR) is 89.1 cm³/mol. The third-order valence-corrected chi connectivity index (χ3v) is 6.22. The molecule has 1 aromatic carbocycles. The molecule has 1 N–H and O–H groups in total. The van der Waals surface area contributed by atoms with Gasteiger partial charge in [-0.1, -0.05) is 36.8 Å². The number of fused-ring (bicyclic) bond motifs is 3. The maximum atomic E-state index is 14.1. The molecule has 3 aliphatic heterocycles. The van der Waals surface area contributed by atoms with Crippen molar-refractivity contribution in [3.05, 3.63) is 58.9 Å². The molecule has 4 atom stereocenters. The second-order valence-electron chi connectivity index (χ2n) is 7.41. The van der Waals surface area contributed by atoms with Gasteiger partial charge in [-0.15, -0.1) is 0 Å². The normalized spacial score (nSPS) is 34.7. The zero-order valence-corrected chi connectivity index (χ0v) is 13.8. The Labute approximate surface area is 145 Å². The zero-order valence-electron chi connectivity index (χ0n) is 13.8. The number of halogens is 1. The third kappa shape index (κ3) is 1.96. The van der Waals surface area contributed by atoms with Gasteiger partial charge >= 0.3 is 5.97 Å². The van der Waals surface area contributed by atoms with Crippen LogP contribution in [0.1, 0.15) is 37.4 Å². The first kappa shape index (κ1) is 15.3. The monoisotopic (exact) mass is 341 g/mol. The van der Waals surface area contributed by atoms with Crippen LogP contribution in [0.25, 0.3) is 0 Å². The summed E-state index contributed by atoms with van der Waals surface area (Å²) in [5.74, 6) is -1.02. The van der Waals surface area contributed by atoms with Crippen molar-refractivity contribution in [3.63, 3.8) is 0 Å². The fourth-order valence-corrected chi connectivity index (χ4v) is 5.16. The van der Waals surface area contributed by atoms with E-state index in [-0.39, 0.29) is 23.2 Å². The molecule has 5 rings (SSSR count). The Kier molecular flexibility index (Phi) is 3.21. The molecule has 1 spiro atoms. The van der Waals surface area contributed by atoms with Crippen molar-refractivity contribution in [2.75, 3.05) is 6.54 Å². The second kappa shape index (κ2) is 5.26. The molecule has 2 fully saturated rings. The maximum absolute atomic E-state index is 14.1. The molecule has 1 aromatic rings. The second-order valence-corrected chi connectivity index (χ2v) is 7.41. The summed E-state index contributed by atoms with van der Waals surface area (Å²) in [5.41, 5.74) is 0.400. The van der Waals surface area contributed by atoms with Gasteiger partial charge in [0.1, 0.15) is 11.9 Å². The van der Waals surface area contributed by atoms with E-state index in [1.807, 2.05) is 6.08 Å². The van der Waals surface area contributed by atoms with E-state index in [9.17, 15) is 14.3 Å². The number of ether oxygens (including phenoxy) is 1. The van der Waals surface area contributed by atoms with Gasteiger partial charge in [0.15, 0.2) is 5.60 Å². The van der Waals surface area contributed by atoms with Gasteiger partial charge in [-0.2, -0.15) is 0 Å². The van der Waals surface area contributed by atoms with Crippen LogP contribution in [0.4, 0.5) is 4.39 Å². The van der Waals surface area contributed by atoms with Crippen LogP contribution in [0.2, 0.25) is 0 Å². The number of hydrogen-bond acceptors (Lipinski definition) is 4. The smallest absolute Gasteiger partial charge is 0.338 e. The van der Waals surface area contributed by atoms with Gasteiger partial charge in [0.05, 0.1) is 11.6 Å². The number of rotatable bonds is 2. The number of hydrogen-bond donors (Lipinski definition) is 1. The molecule has 130 valence electrons. The van der Waals surface area contributed by atoms with Gasteiger partial charge in [-0.05, 0) is 25.5 Å². The van der Waals surface area contributed by atoms with E-state index in [0.717, 1.165) is 37.8 Å². The summed E-state index contributed by atoms with van der Waals surface area (Å²) >= 11 is 0. The molecule has 4 aliphatic rings. The van der Waals surface area contributed by atoms with Crippen LogP contribution >= 0.6 is 0 Å². The van der Waals surface area contributed by atoms with Gasteiger partial charge < -0.3 is 9.84 Å². The standard InChI is InChI=1S/C20H20FNO3/c21-15-6-2-1-5-13(15)18(23)17-14-9-8-12-11-20(14,25-19(17)24)16-7-3-4-10-22(12)16/h1-2,5-6,8-9,12,16,18,23H,3-4,7,10-11H2/t12-,16-,18-,20+/m1/s1. The molecule has 0 amide bonds. The molecule has 0 saturated carbocycles. The molecular formula is C20H20FNO3. The highest BCUT2D eigenvalue weighted by atomic mass is 19.1. The van der Waals surface area contributed by atoms with Gasteiger partial charge in [0, 0.05) is 23.6 Å². The molecule has 25 heavy (non-hydrogen) atoms. The summed E-state index contributed by atoms with van der Waals surface area (Å²) in [6.45, 7) is 1.01. The largest absolute Gasteiger partial charge is 0.449 e. The highest BCUT2D eigenvalue weighted by Gasteiger charge is 2.62. The summed E-state index contributed by atoms with van der Waals surface area (Å²) in [6, 6.07) is 6.49. The van der Waals surface area contributed by atoms with Crippen molar-refractivity contribution < 1.29 is 19.0 Å². The van der Waals surface area contributed by atoms with Gasteiger partial charge in [0.25, 0.3) is 0 Å². The Morgan fingerprint density at radius 1 is 1.32 bits per heavy atom. The number of piperidine rings is 1. The molecule has 0 unspecified atom stereocenters. The SMILES string of the molecule is O=C1O[C@@]23C[C@@H](C=CC2=C1[C@H](O)c1ccccc1F)N1CCCC[C@@H]13. The van der Waals surface area contributed by atoms with Crippen LogP contribution in [-0.2, 0) is 9.53 Å². The van der Waals surface area contributed by atoms with Gasteiger partial charge in [-0.3, -0.25) is 4.90 Å². The van der Waals surface area contributed by atoms with Crippen molar-refractivity contribution in [1.29, 1.82) is 0 Å². The number of carbonyl (C=O) groups is 1. The number of nitrogens with zero attached hydrogens (tertiary/aromatic N) is 1. The van der Waals surface area contributed by atoms with E-state index in [2.05, 4.69) is 11.0 Å². The van der Waals surface area contributed by atoms with E-state index in [4.69, 9.17) is 4.74 Å². The molecule has 4 nitrogen and oxygen atoms in total. The predicted octanol–water partition coefficient (Wildman–Crippen LogP) is 2.65. The minimum absolute atomic E-state index is 0.119. The Balaban J connectivity index is 1.63. The first-order chi connectivity index (χ1) is 12.1. The highest BCUT2D eigenvalue weighted by Crippen LogP contribution is 2.54. The average molecular weight is 341 g/mol. The molecular weight excluding hydrogens is 321 g/mol. The highest BCUT2D eigenvalue weighted by molar-refractivity contribution is 5.96. The van der Waals surface area contributed by atoms with Crippen LogP contribution in [0.3, 0.4) is 0 Å². The number of aliphatic hydroxyl groups is 1. The van der Waals surface area contributed by atoms with Gasteiger partial charge in [0.2, 0.25) is 0 Å². The number of esters is 1. The summed E-state index contributed by atoms with van der Waals surface area (Å²) in [7, 11) is 0. The summed E-state index contributed by atoms with van der Waals surface area (Å²) in [6.07, 6.45) is 6.73. The van der Waals surface area contributed by atoms with E-state index >= 15 is 0 Å². The summed E-state index contributed by atoms with van der Waals surface area (Å²) in [4.78, 5) is 15.1. The van der Waals surface area contributed by atoms with Crippen molar-refractivity contribution in [2.45, 2.75) is 49.5 Å². The van der Waals surface area contributed by atoms with Crippen molar-refractivity contribution in [2.24, 2.45) is 0 Å². The lowest BCUT2D eigenvalue weighted by Crippen LogP contribution is -2.48. The van der Waals surface area contributed by atoms with Crippen LogP contribution < -0.4 is 0 Å². The van der Waals surface area contributed by atoms with Crippen LogP contribution in [-0.4, -0.2) is 40.2 Å². The van der Waals surface area contributed by atoms with Gasteiger partial charge in [-0.25, -0.2) is 9.18 Å². The van der Waals surface area contributed by atoms with Crippen LogP contribution in [0.15, 0.2) is 47.6 Å². The minimum atomic E-state index is -1.30. The summed E-state index contributed by atoms with van der Waals surface area (Å²) < 4.78 is 20.1. The Hall–Kier alpha value is -1.98. The van der Waals surface area contributed by atoms with E-state index < -0.39 is 23.5 Å². The molecule has 2 bridgehead atoms. The third-order valence-electron chi connectivity index (χ3n) is 6.22. The summed E-state index contributed by atoms with van der Waals surface area (Å²) in [5, 5.41) is 10.8. The Bertz CT molecular complexity index is 817. The first-order valence-electron chi connectivity index (χ1n) is 8.96. The Morgan fingerprint density at radius 3 is 3.00 bits per heavy atom. The Morgan fingerprint density at radius 2 is 2.16 bits per heavy atom. The fourth-order valence-electron chi connectivity index (χ4n) is 5.16. The van der Waals surface area contributed by atoms with Crippen LogP contribution in [0, 0.1) is 5.82 Å². The minimum Gasteiger partial charge on any atom is -0.449 e. The lowest BCUT2D eigenvalue weighted by Gasteiger charge is -2.37. The molecule has 0 aromatic heterocycles. The fraction of sp³-hybridized carbons (Fsp3) is 0.450. The van der Waals surface area contributed by atoms with Crippen LogP contribution in [0.5, 0.6) is 0 Å². The number of carbonyl (C=O) groups excluding carboxylic acids is 1. The average Bonchev–Trinajstić information content (AvgIpc) is 3.06. The van der Waals surface area contributed by atoms with Crippen molar-refractivity contribution in [3.8, 4) is 0 Å². The quantitative estimate of drug-likeness (QED) is 0.840. The molecule has 5 heteroatoms. The van der Waals surface area contributed by atoms with E-state index in [0.29, 0.717) is 0 Å². The van der Waals surface area contributed by atoms with Crippen molar-refractivity contribution in [1.82, 2.24) is 4.90 Å². The molecule has 2 saturated heterocycles. The van der Waals surface area contributed by atoms with Crippen molar-refractivity contribution >= 4 is 5.97 Å². The maximum Gasteiger partial charge on any atom is 0.338 e. The van der Waals surface area contributed by atoms with E-state index in [1.165, 1.54) is 12.1 Å². The lowest BCUT2D eigenvalue weighted by atomic mass is 9.78. The molecule has 1 aliphatic carbocycles.